The highest BCUT2D eigenvalue weighted by Gasteiger charge is 2.23. The van der Waals surface area contributed by atoms with Crippen molar-refractivity contribution in [2.45, 2.75) is 26.3 Å². The van der Waals surface area contributed by atoms with Crippen LogP contribution in [0.15, 0.2) is 55.1 Å². The van der Waals surface area contributed by atoms with Gasteiger partial charge >= 0.3 is 0 Å². The Balaban J connectivity index is 1.44. The van der Waals surface area contributed by atoms with Crippen LogP contribution in [-0.2, 0) is 20.0 Å². The molecule has 0 fully saturated rings. The lowest BCUT2D eigenvalue weighted by Gasteiger charge is -2.22. The SMILES string of the molecule is Cc1cc(N(C)CCN(C)C)c([N+](=O)[O-])cc1Nc1ncc(-c2cnn(C)c2)c(-c2cn3c4c(cccc24)CCC3)n1. The molecule has 11 heteroatoms. The molecule has 6 rings (SSSR count). The Kier molecular flexibility index (Phi) is 7.11. The number of likely N-dealkylation sites (N-methyl/N-ethyl adjacent to an activating group) is 2. The van der Waals surface area contributed by atoms with E-state index in [-0.39, 0.29) is 10.6 Å². The molecule has 4 heterocycles. The van der Waals surface area contributed by atoms with E-state index >= 15 is 0 Å². The Hall–Kier alpha value is -4.77. The zero-order valence-electron chi connectivity index (χ0n) is 24.6. The van der Waals surface area contributed by atoms with E-state index in [0.717, 1.165) is 59.3 Å². The largest absolute Gasteiger partial charge is 0.368 e. The highest BCUT2D eigenvalue weighted by atomic mass is 16.6. The zero-order valence-corrected chi connectivity index (χ0v) is 24.6. The van der Waals surface area contributed by atoms with Crippen LogP contribution >= 0.6 is 0 Å². The van der Waals surface area contributed by atoms with Crippen LogP contribution in [0.25, 0.3) is 33.3 Å². The van der Waals surface area contributed by atoms with E-state index in [1.165, 1.54) is 11.1 Å². The minimum Gasteiger partial charge on any atom is -0.368 e. The fourth-order valence-electron chi connectivity index (χ4n) is 5.72. The topological polar surface area (TPSA) is 110 Å². The zero-order chi connectivity index (χ0) is 29.5. The molecule has 1 N–H and O–H groups in total. The highest BCUT2D eigenvalue weighted by Crippen LogP contribution is 2.40. The van der Waals surface area contributed by atoms with Crippen LogP contribution in [0.4, 0.5) is 23.0 Å². The van der Waals surface area contributed by atoms with E-state index in [1.54, 1.807) is 10.7 Å². The molecule has 0 saturated heterocycles. The third-order valence-corrected chi connectivity index (χ3v) is 7.95. The van der Waals surface area contributed by atoms with Gasteiger partial charge in [0.25, 0.3) is 5.69 Å². The van der Waals surface area contributed by atoms with Gasteiger partial charge in [-0.1, -0.05) is 18.2 Å². The first-order chi connectivity index (χ1) is 20.2. The van der Waals surface area contributed by atoms with Crippen molar-refractivity contribution in [3.63, 3.8) is 0 Å². The number of nitrogens with one attached hydrogen (secondary N) is 1. The normalized spacial score (nSPS) is 12.7. The van der Waals surface area contributed by atoms with Crippen molar-refractivity contribution in [2.24, 2.45) is 7.05 Å². The lowest BCUT2D eigenvalue weighted by molar-refractivity contribution is -0.384. The molecule has 216 valence electrons. The second-order valence-electron chi connectivity index (χ2n) is 11.3. The number of benzene rings is 2. The lowest BCUT2D eigenvalue weighted by atomic mass is 9.99. The summed E-state index contributed by atoms with van der Waals surface area (Å²) >= 11 is 0. The summed E-state index contributed by atoms with van der Waals surface area (Å²) in [5.74, 6) is 0.371. The van der Waals surface area contributed by atoms with E-state index in [1.807, 2.05) is 64.7 Å². The summed E-state index contributed by atoms with van der Waals surface area (Å²) in [6.07, 6.45) is 9.93. The first kappa shape index (κ1) is 27.4. The Bertz CT molecular complexity index is 1800. The summed E-state index contributed by atoms with van der Waals surface area (Å²) in [6.45, 7) is 4.34. The molecular weight excluding hydrogens is 530 g/mol. The number of nitrogens with zero attached hydrogens (tertiary/aromatic N) is 8. The molecule has 0 spiro atoms. The van der Waals surface area contributed by atoms with Gasteiger partial charge in [-0.05, 0) is 51.1 Å². The lowest BCUT2D eigenvalue weighted by Crippen LogP contribution is -2.29. The summed E-state index contributed by atoms with van der Waals surface area (Å²) in [6, 6.07) is 9.90. The van der Waals surface area contributed by atoms with Crippen molar-refractivity contribution in [1.82, 2.24) is 29.2 Å². The van der Waals surface area contributed by atoms with Crippen molar-refractivity contribution in [3.05, 3.63) is 76.4 Å². The third-order valence-electron chi connectivity index (χ3n) is 7.95. The molecule has 0 amide bonds. The second kappa shape index (κ2) is 10.9. The minimum atomic E-state index is -0.336. The Morgan fingerprint density at radius 2 is 1.93 bits per heavy atom. The Labute approximate surface area is 244 Å². The van der Waals surface area contributed by atoms with E-state index in [9.17, 15) is 10.1 Å². The second-order valence-corrected chi connectivity index (χ2v) is 11.3. The number of nitro benzene ring substituents is 1. The molecule has 0 aliphatic carbocycles. The van der Waals surface area contributed by atoms with Crippen molar-refractivity contribution >= 4 is 33.9 Å². The number of aryl methyl sites for hydroxylation is 4. The smallest absolute Gasteiger partial charge is 0.294 e. The third kappa shape index (κ3) is 5.07. The number of nitro groups is 1. The Morgan fingerprint density at radius 3 is 2.67 bits per heavy atom. The molecule has 0 unspecified atom stereocenters. The summed E-state index contributed by atoms with van der Waals surface area (Å²) in [5.41, 5.74) is 8.27. The van der Waals surface area contributed by atoms with Gasteiger partial charge in [-0.3, -0.25) is 14.8 Å². The van der Waals surface area contributed by atoms with Gasteiger partial charge in [0.2, 0.25) is 5.95 Å². The van der Waals surface area contributed by atoms with Gasteiger partial charge in [0, 0.05) is 80.5 Å². The number of rotatable bonds is 9. The molecule has 0 saturated carbocycles. The molecule has 0 atom stereocenters. The molecule has 1 aliphatic rings. The minimum absolute atomic E-state index is 0.0329. The number of hydrogen-bond acceptors (Lipinski definition) is 8. The molecule has 5 aromatic rings. The van der Waals surface area contributed by atoms with E-state index in [2.05, 4.69) is 49.3 Å². The van der Waals surface area contributed by atoms with Gasteiger partial charge in [-0.25, -0.2) is 9.97 Å². The number of para-hydroxylation sites is 1. The van der Waals surface area contributed by atoms with Crippen LogP contribution in [0.1, 0.15) is 17.5 Å². The Morgan fingerprint density at radius 1 is 1.10 bits per heavy atom. The highest BCUT2D eigenvalue weighted by molar-refractivity contribution is 6.00. The van der Waals surface area contributed by atoms with E-state index in [4.69, 9.17) is 4.98 Å². The summed E-state index contributed by atoms with van der Waals surface area (Å²) in [4.78, 5) is 25.4. The van der Waals surface area contributed by atoms with Crippen molar-refractivity contribution in [3.8, 4) is 22.4 Å². The molecule has 1 aliphatic heterocycles. The number of hydrogen-bond donors (Lipinski definition) is 1. The van der Waals surface area contributed by atoms with Gasteiger partial charge in [0.1, 0.15) is 5.69 Å². The van der Waals surface area contributed by atoms with Crippen molar-refractivity contribution < 1.29 is 4.92 Å². The van der Waals surface area contributed by atoms with Crippen LogP contribution in [0.3, 0.4) is 0 Å². The summed E-state index contributed by atoms with van der Waals surface area (Å²) in [7, 11) is 7.74. The van der Waals surface area contributed by atoms with E-state index < -0.39 is 0 Å². The maximum absolute atomic E-state index is 12.1. The van der Waals surface area contributed by atoms with Gasteiger partial charge in [-0.15, -0.1) is 0 Å². The molecule has 3 aromatic heterocycles. The average molecular weight is 566 g/mol. The molecular formula is C31H35N9O2. The van der Waals surface area contributed by atoms with Crippen LogP contribution in [0, 0.1) is 17.0 Å². The van der Waals surface area contributed by atoms with Gasteiger partial charge in [-0.2, -0.15) is 5.10 Å². The fourth-order valence-corrected chi connectivity index (χ4v) is 5.72. The van der Waals surface area contributed by atoms with Gasteiger partial charge in [0.15, 0.2) is 0 Å². The van der Waals surface area contributed by atoms with Gasteiger partial charge in [0.05, 0.1) is 28.0 Å². The standard InChI is InChI=1S/C31H35N9O2/c1-20-14-27(37(4)13-12-36(2)3)28(40(41)42)15-26(20)34-31-32-17-24(22-16-33-38(5)18-22)29(35-31)25-19-39-11-7-9-21-8-6-10-23(25)30(21)39/h6,8,10,14-19H,7,9,11-13H2,1-5H3,(H,32,34,35). The summed E-state index contributed by atoms with van der Waals surface area (Å²) in [5, 5.41) is 20.9. The first-order valence-corrected chi connectivity index (χ1v) is 14.1. The quantitative estimate of drug-likeness (QED) is 0.187. The van der Waals surface area contributed by atoms with Crippen LogP contribution in [0.2, 0.25) is 0 Å². The summed E-state index contributed by atoms with van der Waals surface area (Å²) < 4.78 is 4.09. The van der Waals surface area contributed by atoms with Crippen LogP contribution < -0.4 is 10.2 Å². The van der Waals surface area contributed by atoms with Crippen LogP contribution in [0.5, 0.6) is 0 Å². The molecule has 11 nitrogen and oxygen atoms in total. The van der Waals surface area contributed by atoms with Crippen molar-refractivity contribution in [1.29, 1.82) is 0 Å². The maximum atomic E-state index is 12.1. The number of anilines is 3. The predicted molar refractivity (Wildman–Crippen MR) is 166 cm³/mol. The van der Waals surface area contributed by atoms with Crippen LogP contribution in [-0.4, -0.2) is 68.4 Å². The predicted octanol–water partition coefficient (Wildman–Crippen LogP) is 5.40. The molecule has 0 radical (unpaired) electrons. The average Bonchev–Trinajstić information content (AvgIpc) is 3.57. The van der Waals surface area contributed by atoms with Gasteiger partial charge < -0.3 is 19.7 Å². The number of aromatic nitrogens is 5. The molecule has 0 bridgehead atoms. The monoisotopic (exact) mass is 565 g/mol. The van der Waals surface area contributed by atoms with E-state index in [0.29, 0.717) is 23.9 Å². The van der Waals surface area contributed by atoms with Crippen molar-refractivity contribution in [2.75, 3.05) is 44.4 Å². The maximum Gasteiger partial charge on any atom is 0.294 e. The molecule has 2 aromatic carbocycles. The molecule has 42 heavy (non-hydrogen) atoms. The fraction of sp³-hybridized carbons (Fsp3) is 0.323. The first-order valence-electron chi connectivity index (χ1n) is 14.1.